The van der Waals surface area contributed by atoms with Crippen LogP contribution < -0.4 is 10.6 Å². The molecule has 1 saturated heterocycles. The van der Waals surface area contributed by atoms with Crippen LogP contribution in [0.2, 0.25) is 0 Å². The SMILES string of the molecule is Cc1csc(Sc2ccc(NC(=O)C3CCCCN3)cc2)n1. The maximum absolute atomic E-state index is 12.2. The maximum Gasteiger partial charge on any atom is 0.241 e. The molecule has 1 unspecified atom stereocenters. The number of carbonyl (C=O) groups excluding carboxylic acids is 1. The number of aromatic nitrogens is 1. The van der Waals surface area contributed by atoms with Crippen LogP contribution in [0.3, 0.4) is 0 Å². The lowest BCUT2D eigenvalue weighted by Gasteiger charge is -2.22. The molecule has 0 bridgehead atoms. The fraction of sp³-hybridized carbons (Fsp3) is 0.375. The number of anilines is 1. The molecule has 0 aliphatic carbocycles. The Kier molecular flexibility index (Phi) is 5.12. The number of benzene rings is 1. The molecule has 2 heterocycles. The summed E-state index contributed by atoms with van der Waals surface area (Å²) in [6.07, 6.45) is 3.20. The average Bonchev–Trinajstić information content (AvgIpc) is 2.95. The molecule has 1 fully saturated rings. The smallest absolute Gasteiger partial charge is 0.241 e. The molecule has 1 atom stereocenters. The van der Waals surface area contributed by atoms with Crippen LogP contribution in [0.1, 0.15) is 25.0 Å². The topological polar surface area (TPSA) is 54.0 Å². The summed E-state index contributed by atoms with van der Waals surface area (Å²) in [5.41, 5.74) is 1.90. The number of aryl methyl sites for hydroxylation is 1. The molecule has 1 aromatic carbocycles. The molecule has 3 rings (SSSR count). The molecule has 6 heteroatoms. The summed E-state index contributed by atoms with van der Waals surface area (Å²) in [5, 5.41) is 8.30. The third kappa shape index (κ3) is 4.09. The van der Waals surface area contributed by atoms with Crippen LogP contribution in [0.5, 0.6) is 0 Å². The average molecular weight is 333 g/mol. The van der Waals surface area contributed by atoms with Crippen molar-refractivity contribution < 1.29 is 4.79 Å². The Morgan fingerprint density at radius 2 is 2.18 bits per heavy atom. The first-order chi connectivity index (χ1) is 10.7. The summed E-state index contributed by atoms with van der Waals surface area (Å²) in [6, 6.07) is 7.88. The zero-order valence-corrected chi connectivity index (χ0v) is 14.1. The van der Waals surface area contributed by atoms with Crippen LogP contribution in [0.4, 0.5) is 5.69 Å². The first-order valence-corrected chi connectivity index (χ1v) is 9.14. The molecular weight excluding hydrogens is 314 g/mol. The monoisotopic (exact) mass is 333 g/mol. The molecule has 1 aliphatic heterocycles. The lowest BCUT2D eigenvalue weighted by Crippen LogP contribution is -2.43. The van der Waals surface area contributed by atoms with E-state index in [1.807, 2.05) is 36.6 Å². The van der Waals surface area contributed by atoms with Crippen LogP contribution in [0.25, 0.3) is 0 Å². The van der Waals surface area contributed by atoms with Crippen LogP contribution in [-0.4, -0.2) is 23.5 Å². The van der Waals surface area contributed by atoms with Crippen molar-refractivity contribution in [1.82, 2.24) is 10.3 Å². The maximum atomic E-state index is 12.2. The summed E-state index contributed by atoms with van der Waals surface area (Å²) in [6.45, 7) is 2.93. The van der Waals surface area contributed by atoms with E-state index in [4.69, 9.17) is 0 Å². The highest BCUT2D eigenvalue weighted by atomic mass is 32.2. The lowest BCUT2D eigenvalue weighted by molar-refractivity contribution is -0.118. The minimum absolute atomic E-state index is 0.0545. The zero-order chi connectivity index (χ0) is 15.4. The quantitative estimate of drug-likeness (QED) is 0.896. The third-order valence-corrected chi connectivity index (χ3v) is 5.62. The molecular formula is C16H19N3OS2. The molecule has 2 aromatic rings. The summed E-state index contributed by atoms with van der Waals surface area (Å²) < 4.78 is 1.04. The van der Waals surface area contributed by atoms with Gasteiger partial charge in [-0.2, -0.15) is 0 Å². The molecule has 1 aromatic heterocycles. The number of thiazole rings is 1. The summed E-state index contributed by atoms with van der Waals surface area (Å²) in [5.74, 6) is 0.0654. The standard InChI is InChI=1S/C16H19N3OS2/c1-11-10-21-16(18-11)22-13-7-5-12(6-8-13)19-15(20)14-4-2-3-9-17-14/h5-8,10,14,17H,2-4,9H2,1H3,(H,19,20). The van der Waals surface area contributed by atoms with Crippen molar-refractivity contribution in [1.29, 1.82) is 0 Å². The van der Waals surface area contributed by atoms with Gasteiger partial charge in [0.25, 0.3) is 0 Å². The van der Waals surface area contributed by atoms with E-state index in [-0.39, 0.29) is 11.9 Å². The van der Waals surface area contributed by atoms with Gasteiger partial charge in [-0.3, -0.25) is 4.79 Å². The van der Waals surface area contributed by atoms with Crippen molar-refractivity contribution in [2.24, 2.45) is 0 Å². The molecule has 22 heavy (non-hydrogen) atoms. The zero-order valence-electron chi connectivity index (χ0n) is 12.5. The molecule has 0 saturated carbocycles. The van der Waals surface area contributed by atoms with Crippen LogP contribution in [0, 0.1) is 6.92 Å². The molecule has 0 spiro atoms. The van der Waals surface area contributed by atoms with E-state index in [2.05, 4.69) is 15.6 Å². The molecule has 1 amide bonds. The largest absolute Gasteiger partial charge is 0.325 e. The lowest BCUT2D eigenvalue weighted by atomic mass is 10.0. The van der Waals surface area contributed by atoms with Crippen molar-refractivity contribution in [3.8, 4) is 0 Å². The Balaban J connectivity index is 1.57. The Morgan fingerprint density at radius 1 is 1.36 bits per heavy atom. The van der Waals surface area contributed by atoms with Gasteiger partial charge >= 0.3 is 0 Å². The second-order valence-corrected chi connectivity index (χ2v) is 7.55. The van der Waals surface area contributed by atoms with Gasteiger partial charge in [0.05, 0.1) is 6.04 Å². The van der Waals surface area contributed by atoms with Crippen LogP contribution >= 0.6 is 23.1 Å². The van der Waals surface area contributed by atoms with Gasteiger partial charge in [-0.25, -0.2) is 4.98 Å². The van der Waals surface area contributed by atoms with E-state index in [0.717, 1.165) is 46.4 Å². The number of rotatable bonds is 4. The highest BCUT2D eigenvalue weighted by Crippen LogP contribution is 2.30. The number of amides is 1. The van der Waals surface area contributed by atoms with Gasteiger partial charge < -0.3 is 10.6 Å². The molecule has 1 aliphatic rings. The highest BCUT2D eigenvalue weighted by molar-refractivity contribution is 8.01. The first-order valence-electron chi connectivity index (χ1n) is 7.45. The van der Waals surface area contributed by atoms with Gasteiger partial charge in [0, 0.05) is 21.7 Å². The van der Waals surface area contributed by atoms with Crippen LogP contribution in [0.15, 0.2) is 38.9 Å². The van der Waals surface area contributed by atoms with Crippen molar-refractivity contribution in [2.75, 3.05) is 11.9 Å². The number of nitrogens with zero attached hydrogens (tertiary/aromatic N) is 1. The minimum Gasteiger partial charge on any atom is -0.325 e. The van der Waals surface area contributed by atoms with E-state index >= 15 is 0 Å². The fourth-order valence-electron chi connectivity index (χ4n) is 2.39. The van der Waals surface area contributed by atoms with Crippen molar-refractivity contribution in [3.05, 3.63) is 35.3 Å². The molecule has 116 valence electrons. The van der Waals surface area contributed by atoms with Crippen LogP contribution in [-0.2, 0) is 4.79 Å². The molecule has 4 nitrogen and oxygen atoms in total. The van der Waals surface area contributed by atoms with Gasteiger partial charge in [-0.15, -0.1) is 11.3 Å². The highest BCUT2D eigenvalue weighted by Gasteiger charge is 2.20. The van der Waals surface area contributed by atoms with E-state index < -0.39 is 0 Å². The molecule has 2 N–H and O–H groups in total. The second-order valence-electron chi connectivity index (χ2n) is 5.37. The van der Waals surface area contributed by atoms with E-state index in [9.17, 15) is 4.79 Å². The van der Waals surface area contributed by atoms with Gasteiger partial charge in [-0.1, -0.05) is 18.2 Å². The van der Waals surface area contributed by atoms with Crippen molar-refractivity contribution in [3.63, 3.8) is 0 Å². The van der Waals surface area contributed by atoms with E-state index in [1.165, 1.54) is 0 Å². The fourth-order valence-corrected chi connectivity index (χ4v) is 4.20. The number of nitrogens with one attached hydrogen (secondary N) is 2. The minimum atomic E-state index is -0.0545. The summed E-state index contributed by atoms with van der Waals surface area (Å²) >= 11 is 3.30. The van der Waals surface area contributed by atoms with Gasteiger partial charge in [0.1, 0.15) is 0 Å². The third-order valence-electron chi connectivity index (χ3n) is 3.55. The number of carbonyl (C=O) groups is 1. The predicted octanol–water partition coefficient (Wildman–Crippen LogP) is 3.68. The second kappa shape index (κ2) is 7.26. The Morgan fingerprint density at radius 3 is 2.82 bits per heavy atom. The Labute approximate surface area is 138 Å². The Hall–Kier alpha value is -1.37. The van der Waals surface area contributed by atoms with Gasteiger partial charge in [-0.05, 0) is 50.6 Å². The summed E-state index contributed by atoms with van der Waals surface area (Å²) in [7, 11) is 0. The van der Waals surface area contributed by atoms with Crippen molar-refractivity contribution in [2.45, 2.75) is 41.5 Å². The summed E-state index contributed by atoms with van der Waals surface area (Å²) in [4.78, 5) is 17.7. The number of hydrogen-bond donors (Lipinski definition) is 2. The van der Waals surface area contributed by atoms with E-state index in [0.29, 0.717) is 0 Å². The van der Waals surface area contributed by atoms with Crippen molar-refractivity contribution >= 4 is 34.7 Å². The van der Waals surface area contributed by atoms with Gasteiger partial charge in [0.15, 0.2) is 4.34 Å². The van der Waals surface area contributed by atoms with E-state index in [1.54, 1.807) is 23.1 Å². The van der Waals surface area contributed by atoms with Gasteiger partial charge in [0.2, 0.25) is 5.91 Å². The number of hydrogen-bond acceptors (Lipinski definition) is 5. The predicted molar refractivity (Wildman–Crippen MR) is 91.7 cm³/mol. The normalized spacial score (nSPS) is 18.1. The first kappa shape index (κ1) is 15.5. The number of piperidine rings is 1. The molecule has 0 radical (unpaired) electrons. The Bertz CT molecular complexity index is 633.